The van der Waals surface area contributed by atoms with Crippen molar-refractivity contribution in [1.82, 2.24) is 5.32 Å². The Morgan fingerprint density at radius 1 is 1.32 bits per heavy atom. The molecule has 1 aromatic carbocycles. The van der Waals surface area contributed by atoms with E-state index in [0.29, 0.717) is 12.1 Å². The van der Waals surface area contributed by atoms with E-state index in [4.69, 9.17) is 11.6 Å². The van der Waals surface area contributed by atoms with Crippen molar-refractivity contribution in [3.05, 3.63) is 34.9 Å². The Morgan fingerprint density at radius 3 is 2.74 bits per heavy atom. The van der Waals surface area contributed by atoms with Gasteiger partial charge in [0.15, 0.2) is 0 Å². The van der Waals surface area contributed by atoms with Gasteiger partial charge in [-0.25, -0.2) is 0 Å². The van der Waals surface area contributed by atoms with E-state index in [1.807, 2.05) is 12.1 Å². The summed E-state index contributed by atoms with van der Waals surface area (Å²) in [6.07, 6.45) is 5.12. The number of nitrogens with one attached hydrogen (secondary N) is 1. The first-order chi connectivity index (χ1) is 9.10. The molecule has 1 fully saturated rings. The molecular weight excluding hydrogens is 254 g/mol. The second-order valence-corrected chi connectivity index (χ2v) is 6.62. The summed E-state index contributed by atoms with van der Waals surface area (Å²) in [4.78, 5) is 0. The van der Waals surface area contributed by atoms with Crippen LogP contribution in [-0.2, 0) is 0 Å². The molecule has 0 aliphatic heterocycles. The van der Waals surface area contributed by atoms with Gasteiger partial charge in [0, 0.05) is 17.1 Å². The fourth-order valence-electron chi connectivity index (χ4n) is 3.34. The van der Waals surface area contributed by atoms with Gasteiger partial charge in [-0.2, -0.15) is 0 Å². The van der Waals surface area contributed by atoms with Gasteiger partial charge in [0.05, 0.1) is 0 Å². The van der Waals surface area contributed by atoms with Crippen molar-refractivity contribution in [2.24, 2.45) is 11.8 Å². The Labute approximate surface area is 122 Å². The van der Waals surface area contributed by atoms with Crippen molar-refractivity contribution in [1.29, 1.82) is 0 Å². The normalized spacial score (nSPS) is 29.2. The lowest BCUT2D eigenvalue weighted by Crippen LogP contribution is -2.40. The predicted molar refractivity (Wildman–Crippen MR) is 83.6 cm³/mol. The lowest BCUT2D eigenvalue weighted by Gasteiger charge is -2.36. The summed E-state index contributed by atoms with van der Waals surface area (Å²) in [6.45, 7) is 7.01. The van der Waals surface area contributed by atoms with Crippen LogP contribution in [0.2, 0.25) is 5.02 Å². The fourth-order valence-corrected chi connectivity index (χ4v) is 3.54. The highest BCUT2D eigenvalue weighted by Crippen LogP contribution is 2.31. The molecule has 1 aliphatic rings. The maximum Gasteiger partial charge on any atom is 0.0409 e. The molecule has 2 rings (SSSR count). The van der Waals surface area contributed by atoms with E-state index in [2.05, 4.69) is 38.2 Å². The lowest BCUT2D eigenvalue weighted by atomic mass is 9.79. The third-order valence-electron chi connectivity index (χ3n) is 4.51. The molecule has 1 saturated carbocycles. The lowest BCUT2D eigenvalue weighted by molar-refractivity contribution is 0.212. The molecule has 1 aliphatic carbocycles. The van der Waals surface area contributed by atoms with Crippen LogP contribution in [0.4, 0.5) is 0 Å². The number of hydrogen-bond donors (Lipinski definition) is 1. The van der Waals surface area contributed by atoms with Gasteiger partial charge in [-0.3, -0.25) is 0 Å². The zero-order valence-electron chi connectivity index (χ0n) is 12.3. The molecule has 0 radical (unpaired) electrons. The minimum atomic E-state index is 0.430. The number of hydrogen-bond acceptors (Lipinski definition) is 1. The average molecular weight is 280 g/mol. The molecule has 0 amide bonds. The quantitative estimate of drug-likeness (QED) is 0.798. The molecule has 19 heavy (non-hydrogen) atoms. The van der Waals surface area contributed by atoms with E-state index in [1.165, 1.54) is 24.8 Å². The van der Waals surface area contributed by atoms with Crippen molar-refractivity contribution in [2.75, 3.05) is 0 Å². The molecule has 0 aromatic heterocycles. The van der Waals surface area contributed by atoms with Gasteiger partial charge in [0.25, 0.3) is 0 Å². The molecule has 0 heterocycles. The SMILES string of the molecule is CCC(NC1CCC(C)CC1C)c1cccc(Cl)c1. The van der Waals surface area contributed by atoms with Crippen molar-refractivity contribution in [3.8, 4) is 0 Å². The molecule has 1 nitrogen and oxygen atoms in total. The summed E-state index contributed by atoms with van der Waals surface area (Å²) >= 11 is 6.11. The van der Waals surface area contributed by atoms with Gasteiger partial charge in [-0.1, -0.05) is 44.5 Å². The molecule has 1 N–H and O–H groups in total. The Morgan fingerprint density at radius 2 is 2.11 bits per heavy atom. The fraction of sp³-hybridized carbons (Fsp3) is 0.647. The Hall–Kier alpha value is -0.530. The monoisotopic (exact) mass is 279 g/mol. The van der Waals surface area contributed by atoms with Gasteiger partial charge in [-0.15, -0.1) is 0 Å². The minimum absolute atomic E-state index is 0.430. The van der Waals surface area contributed by atoms with Gasteiger partial charge >= 0.3 is 0 Å². The zero-order chi connectivity index (χ0) is 13.8. The highest BCUT2D eigenvalue weighted by Gasteiger charge is 2.27. The molecule has 0 bridgehead atoms. The van der Waals surface area contributed by atoms with E-state index in [1.54, 1.807) is 0 Å². The number of benzene rings is 1. The standard InChI is InChI=1S/C17H26ClN/c1-4-16(14-6-5-7-15(18)11-14)19-17-9-8-12(2)10-13(17)3/h5-7,11-13,16-17,19H,4,8-10H2,1-3H3. The second kappa shape index (κ2) is 6.76. The Bertz CT molecular complexity index is 404. The summed E-state index contributed by atoms with van der Waals surface area (Å²) in [7, 11) is 0. The molecule has 4 atom stereocenters. The van der Waals surface area contributed by atoms with Crippen LogP contribution in [0.5, 0.6) is 0 Å². The maximum atomic E-state index is 6.11. The number of halogens is 1. The average Bonchev–Trinajstić information content (AvgIpc) is 2.38. The van der Waals surface area contributed by atoms with Crippen LogP contribution >= 0.6 is 11.6 Å². The molecule has 0 saturated heterocycles. The first kappa shape index (κ1) is 14.9. The van der Waals surface area contributed by atoms with E-state index in [0.717, 1.165) is 23.3 Å². The Kier molecular flexibility index (Phi) is 5.29. The van der Waals surface area contributed by atoms with Crippen molar-refractivity contribution < 1.29 is 0 Å². The van der Waals surface area contributed by atoms with Crippen LogP contribution in [0, 0.1) is 11.8 Å². The third kappa shape index (κ3) is 3.97. The summed E-state index contributed by atoms with van der Waals surface area (Å²) in [6, 6.07) is 9.36. The highest BCUT2D eigenvalue weighted by atomic mass is 35.5. The van der Waals surface area contributed by atoms with Gasteiger partial charge in [-0.05, 0) is 55.2 Å². The smallest absolute Gasteiger partial charge is 0.0409 e. The summed E-state index contributed by atoms with van der Waals surface area (Å²) in [5, 5.41) is 4.70. The van der Waals surface area contributed by atoms with Gasteiger partial charge < -0.3 is 5.32 Å². The van der Waals surface area contributed by atoms with Gasteiger partial charge in [0.1, 0.15) is 0 Å². The van der Waals surface area contributed by atoms with Crippen molar-refractivity contribution in [3.63, 3.8) is 0 Å². The predicted octanol–water partition coefficient (Wildman–Crippen LogP) is 5.21. The van der Waals surface area contributed by atoms with Gasteiger partial charge in [0.2, 0.25) is 0 Å². The van der Waals surface area contributed by atoms with E-state index in [9.17, 15) is 0 Å². The second-order valence-electron chi connectivity index (χ2n) is 6.18. The minimum Gasteiger partial charge on any atom is -0.307 e. The topological polar surface area (TPSA) is 12.0 Å². The largest absolute Gasteiger partial charge is 0.307 e. The third-order valence-corrected chi connectivity index (χ3v) is 4.74. The van der Waals surface area contributed by atoms with Crippen LogP contribution in [-0.4, -0.2) is 6.04 Å². The van der Waals surface area contributed by atoms with E-state index >= 15 is 0 Å². The van der Waals surface area contributed by atoms with Crippen LogP contribution in [0.1, 0.15) is 58.1 Å². The van der Waals surface area contributed by atoms with E-state index in [-0.39, 0.29) is 0 Å². The van der Waals surface area contributed by atoms with Crippen LogP contribution < -0.4 is 5.32 Å². The zero-order valence-corrected chi connectivity index (χ0v) is 13.1. The molecule has 2 heteroatoms. The molecule has 1 aromatic rings. The van der Waals surface area contributed by atoms with Crippen LogP contribution in [0.25, 0.3) is 0 Å². The van der Waals surface area contributed by atoms with Crippen LogP contribution in [0.3, 0.4) is 0 Å². The summed E-state index contributed by atoms with van der Waals surface area (Å²) in [5.41, 5.74) is 1.32. The molecular formula is C17H26ClN. The van der Waals surface area contributed by atoms with Crippen LogP contribution in [0.15, 0.2) is 24.3 Å². The summed E-state index contributed by atoms with van der Waals surface area (Å²) in [5.74, 6) is 1.66. The molecule has 4 unspecified atom stereocenters. The van der Waals surface area contributed by atoms with Crippen molar-refractivity contribution in [2.45, 2.75) is 58.5 Å². The number of rotatable bonds is 4. The maximum absolute atomic E-state index is 6.11. The molecule has 0 spiro atoms. The highest BCUT2D eigenvalue weighted by molar-refractivity contribution is 6.30. The summed E-state index contributed by atoms with van der Waals surface area (Å²) < 4.78 is 0. The first-order valence-corrected chi connectivity index (χ1v) is 7.99. The first-order valence-electron chi connectivity index (χ1n) is 7.61. The Balaban J connectivity index is 2.03. The molecule has 106 valence electrons. The van der Waals surface area contributed by atoms with E-state index < -0.39 is 0 Å². The van der Waals surface area contributed by atoms with Crippen molar-refractivity contribution >= 4 is 11.6 Å².